The summed E-state index contributed by atoms with van der Waals surface area (Å²) in [5.74, 6) is 0.123. The van der Waals surface area contributed by atoms with Gasteiger partial charge >= 0.3 is 0 Å². The van der Waals surface area contributed by atoms with Crippen LogP contribution in [0.4, 0.5) is 0 Å². The number of unbranched alkanes of at least 4 members (excludes halogenated alkanes) is 2. The van der Waals surface area contributed by atoms with Crippen LogP contribution >= 0.6 is 0 Å². The Morgan fingerprint density at radius 2 is 1.72 bits per heavy atom. The number of aryl methyl sites for hydroxylation is 1. The molecule has 3 aromatic rings. The number of hydrogen-bond donors (Lipinski definition) is 1. The molecular formula is C37H44N2O7. The van der Waals surface area contributed by atoms with Crippen LogP contribution in [0.25, 0.3) is 5.76 Å². The van der Waals surface area contributed by atoms with E-state index in [-0.39, 0.29) is 11.3 Å². The highest BCUT2D eigenvalue weighted by molar-refractivity contribution is 6.46. The van der Waals surface area contributed by atoms with Crippen LogP contribution in [0.15, 0.2) is 72.3 Å². The molecule has 0 saturated carbocycles. The minimum absolute atomic E-state index is 0.0408. The zero-order valence-electron chi connectivity index (χ0n) is 27.0. The SMILES string of the molecule is CCCCCOc1ccc(C2C(=C(O)c3ccc(OCc4cccc(C)c4)cc3)C(=O)C(=O)N2CCN2CCOCC2)cc1OC. The minimum atomic E-state index is -0.804. The standard InChI is InChI=1S/C37H44N2O7/c1-4-5-6-20-45-31-15-12-29(24-32(31)43-3)34-33(36(41)37(42)39(34)17-16-38-18-21-44-22-19-38)35(40)28-10-13-30(14-11-28)46-25-27-9-7-8-26(2)23-27/h7-15,23-24,34,40H,4-6,16-22,25H2,1-3H3. The van der Waals surface area contributed by atoms with Crippen LogP contribution in [-0.4, -0.2) is 79.7 Å². The monoisotopic (exact) mass is 628 g/mol. The fraction of sp³-hybridized carbons (Fsp3) is 0.405. The number of methoxy groups -OCH3 is 1. The second kappa shape index (κ2) is 15.8. The van der Waals surface area contributed by atoms with Crippen molar-refractivity contribution in [3.63, 3.8) is 0 Å². The number of carbonyl (C=O) groups excluding carboxylic acids is 2. The molecule has 0 aromatic heterocycles. The summed E-state index contributed by atoms with van der Waals surface area (Å²) in [4.78, 5) is 30.9. The van der Waals surface area contributed by atoms with E-state index in [1.165, 1.54) is 0 Å². The molecule has 244 valence electrons. The molecule has 9 heteroatoms. The molecule has 2 aliphatic rings. The lowest BCUT2D eigenvalue weighted by molar-refractivity contribution is -0.140. The molecule has 1 atom stereocenters. The Balaban J connectivity index is 1.44. The van der Waals surface area contributed by atoms with E-state index in [1.807, 2.05) is 37.3 Å². The number of ketones is 1. The first-order valence-electron chi connectivity index (χ1n) is 16.1. The molecule has 2 heterocycles. The lowest BCUT2D eigenvalue weighted by Gasteiger charge is -2.31. The zero-order valence-corrected chi connectivity index (χ0v) is 27.0. The van der Waals surface area contributed by atoms with Gasteiger partial charge in [-0.25, -0.2) is 0 Å². The van der Waals surface area contributed by atoms with Gasteiger partial charge in [0.15, 0.2) is 11.5 Å². The average Bonchev–Trinajstić information content (AvgIpc) is 3.34. The maximum atomic E-state index is 13.6. The molecule has 9 nitrogen and oxygen atoms in total. The Morgan fingerprint density at radius 3 is 2.43 bits per heavy atom. The Bertz CT molecular complexity index is 1530. The predicted octanol–water partition coefficient (Wildman–Crippen LogP) is 5.91. The molecule has 3 aromatic carbocycles. The Morgan fingerprint density at radius 1 is 0.935 bits per heavy atom. The second-order valence-electron chi connectivity index (χ2n) is 11.7. The molecule has 0 radical (unpaired) electrons. The van der Waals surface area contributed by atoms with Crippen LogP contribution < -0.4 is 14.2 Å². The van der Waals surface area contributed by atoms with E-state index in [0.29, 0.717) is 67.9 Å². The highest BCUT2D eigenvalue weighted by Gasteiger charge is 2.46. The number of Topliss-reactive ketones (excluding diaryl/α,β-unsaturated/α-hetero) is 1. The second-order valence-corrected chi connectivity index (χ2v) is 11.7. The normalized spacial score (nSPS) is 18.2. The maximum absolute atomic E-state index is 13.6. The quantitative estimate of drug-likeness (QED) is 0.102. The van der Waals surface area contributed by atoms with Crippen LogP contribution in [0.2, 0.25) is 0 Å². The molecule has 0 spiro atoms. The molecule has 0 bridgehead atoms. The lowest BCUT2D eigenvalue weighted by atomic mass is 9.95. The van der Waals surface area contributed by atoms with Gasteiger partial charge in [-0.3, -0.25) is 14.5 Å². The van der Waals surface area contributed by atoms with E-state index in [2.05, 4.69) is 17.9 Å². The number of amides is 1. The number of hydrogen-bond acceptors (Lipinski definition) is 8. The van der Waals surface area contributed by atoms with Crippen molar-refractivity contribution in [1.29, 1.82) is 0 Å². The van der Waals surface area contributed by atoms with Gasteiger partial charge in [0.2, 0.25) is 0 Å². The first kappa shape index (κ1) is 33.0. The van der Waals surface area contributed by atoms with E-state index >= 15 is 0 Å². The predicted molar refractivity (Wildman–Crippen MR) is 176 cm³/mol. The van der Waals surface area contributed by atoms with Gasteiger partial charge in [-0.2, -0.15) is 0 Å². The van der Waals surface area contributed by atoms with Gasteiger partial charge in [0, 0.05) is 31.7 Å². The number of ether oxygens (including phenoxy) is 4. The summed E-state index contributed by atoms with van der Waals surface area (Å²) < 4.78 is 23.1. The van der Waals surface area contributed by atoms with Gasteiger partial charge in [0.1, 0.15) is 18.1 Å². The fourth-order valence-electron chi connectivity index (χ4n) is 5.87. The third-order valence-electron chi connectivity index (χ3n) is 8.43. The largest absolute Gasteiger partial charge is 0.507 e. The number of likely N-dealkylation sites (tertiary alicyclic amines) is 1. The third kappa shape index (κ3) is 7.89. The number of nitrogens with zero attached hydrogens (tertiary/aromatic N) is 2. The summed E-state index contributed by atoms with van der Waals surface area (Å²) in [6.07, 6.45) is 3.09. The average molecular weight is 629 g/mol. The van der Waals surface area contributed by atoms with Gasteiger partial charge in [-0.1, -0.05) is 55.7 Å². The van der Waals surface area contributed by atoms with Crippen LogP contribution in [0.1, 0.15) is 54.5 Å². The molecule has 1 unspecified atom stereocenters. The minimum Gasteiger partial charge on any atom is -0.507 e. The van der Waals surface area contributed by atoms with Crippen LogP contribution in [0.5, 0.6) is 17.2 Å². The smallest absolute Gasteiger partial charge is 0.295 e. The van der Waals surface area contributed by atoms with Crippen molar-refractivity contribution in [2.24, 2.45) is 0 Å². The highest BCUT2D eigenvalue weighted by Crippen LogP contribution is 2.42. The van der Waals surface area contributed by atoms with E-state index in [1.54, 1.807) is 42.3 Å². The van der Waals surface area contributed by atoms with E-state index < -0.39 is 17.7 Å². The van der Waals surface area contributed by atoms with Crippen LogP contribution in [0.3, 0.4) is 0 Å². The molecule has 2 saturated heterocycles. The summed E-state index contributed by atoms with van der Waals surface area (Å²) in [6, 6.07) is 19.6. The Kier molecular flexibility index (Phi) is 11.3. The van der Waals surface area contributed by atoms with Gasteiger partial charge in [-0.05, 0) is 60.9 Å². The van der Waals surface area contributed by atoms with Crippen molar-refractivity contribution < 1.29 is 33.6 Å². The molecule has 2 fully saturated rings. The molecule has 2 aliphatic heterocycles. The van der Waals surface area contributed by atoms with Crippen molar-refractivity contribution in [3.05, 3.63) is 94.6 Å². The number of benzene rings is 3. The van der Waals surface area contributed by atoms with Gasteiger partial charge in [-0.15, -0.1) is 0 Å². The van der Waals surface area contributed by atoms with Crippen LogP contribution in [-0.2, 0) is 20.9 Å². The number of morpholine rings is 1. The first-order valence-corrected chi connectivity index (χ1v) is 16.1. The van der Waals surface area contributed by atoms with Crippen molar-refractivity contribution in [2.75, 3.05) is 53.1 Å². The summed E-state index contributed by atoms with van der Waals surface area (Å²) in [6.45, 7) is 8.80. The number of aliphatic hydroxyl groups is 1. The summed E-state index contributed by atoms with van der Waals surface area (Å²) in [7, 11) is 1.57. The molecule has 5 rings (SSSR count). The summed E-state index contributed by atoms with van der Waals surface area (Å²) in [5, 5.41) is 11.6. The van der Waals surface area contributed by atoms with Gasteiger partial charge in [0.25, 0.3) is 11.7 Å². The highest BCUT2D eigenvalue weighted by atomic mass is 16.5. The van der Waals surface area contributed by atoms with Gasteiger partial charge in [0.05, 0.1) is 38.5 Å². The Hall–Kier alpha value is -4.34. The topological polar surface area (TPSA) is 97.8 Å². The lowest BCUT2D eigenvalue weighted by Crippen LogP contribution is -2.42. The molecule has 0 aliphatic carbocycles. The fourth-order valence-corrected chi connectivity index (χ4v) is 5.87. The van der Waals surface area contributed by atoms with Gasteiger partial charge < -0.3 is 29.0 Å². The van der Waals surface area contributed by atoms with E-state index in [4.69, 9.17) is 18.9 Å². The zero-order chi connectivity index (χ0) is 32.5. The molecule has 1 amide bonds. The molecular weight excluding hydrogens is 584 g/mol. The molecule has 1 N–H and O–H groups in total. The Labute approximate surface area is 271 Å². The number of carbonyl (C=O) groups is 2. The van der Waals surface area contributed by atoms with E-state index in [0.717, 1.165) is 43.5 Å². The third-order valence-corrected chi connectivity index (χ3v) is 8.43. The van der Waals surface area contributed by atoms with Crippen molar-refractivity contribution in [1.82, 2.24) is 9.80 Å². The molecule has 46 heavy (non-hydrogen) atoms. The van der Waals surface area contributed by atoms with Crippen molar-refractivity contribution >= 4 is 17.4 Å². The summed E-state index contributed by atoms with van der Waals surface area (Å²) >= 11 is 0. The number of rotatable bonds is 14. The van der Waals surface area contributed by atoms with Crippen LogP contribution in [0, 0.1) is 6.92 Å². The first-order chi connectivity index (χ1) is 22.4. The van der Waals surface area contributed by atoms with Crippen molar-refractivity contribution in [3.8, 4) is 17.2 Å². The number of aliphatic hydroxyl groups excluding tert-OH is 1. The summed E-state index contributed by atoms with van der Waals surface area (Å²) in [5.41, 5.74) is 3.32. The van der Waals surface area contributed by atoms with E-state index in [9.17, 15) is 14.7 Å². The van der Waals surface area contributed by atoms with Crippen molar-refractivity contribution in [2.45, 2.75) is 45.8 Å². The maximum Gasteiger partial charge on any atom is 0.295 e.